The molecule has 1 N–H and O–H groups in total. The molecule has 2 rings (SSSR count). The Kier molecular flexibility index (Phi) is 3.83. The summed E-state index contributed by atoms with van der Waals surface area (Å²) in [5.41, 5.74) is -0.942. The van der Waals surface area contributed by atoms with Gasteiger partial charge in [0, 0.05) is 32.0 Å². The molecule has 110 valence electrons. The summed E-state index contributed by atoms with van der Waals surface area (Å²) in [6.45, 7) is 7.32. The molecule has 1 aromatic rings. The fourth-order valence-corrected chi connectivity index (χ4v) is 2.51. The molecule has 1 aromatic heterocycles. The first-order valence-corrected chi connectivity index (χ1v) is 6.87. The minimum absolute atomic E-state index is 0.143. The molecule has 1 fully saturated rings. The number of aliphatic carboxylic acids is 1. The highest BCUT2D eigenvalue weighted by atomic mass is 16.4. The van der Waals surface area contributed by atoms with Crippen LogP contribution in [-0.4, -0.2) is 33.7 Å². The third kappa shape index (κ3) is 2.69. The molecule has 0 spiro atoms. The van der Waals surface area contributed by atoms with Crippen molar-refractivity contribution in [2.45, 2.75) is 33.7 Å². The van der Waals surface area contributed by atoms with Crippen LogP contribution in [0.15, 0.2) is 17.2 Å². The van der Waals surface area contributed by atoms with Crippen molar-refractivity contribution >= 4 is 11.8 Å². The Morgan fingerprint density at radius 3 is 2.80 bits per heavy atom. The minimum Gasteiger partial charge on any atom is -0.481 e. The van der Waals surface area contributed by atoms with Crippen LogP contribution in [0.2, 0.25) is 0 Å². The molecule has 1 atom stereocenters. The number of aromatic nitrogens is 2. The summed E-state index contributed by atoms with van der Waals surface area (Å²) in [6.07, 6.45) is 3.82. The Labute approximate surface area is 118 Å². The van der Waals surface area contributed by atoms with Crippen molar-refractivity contribution in [2.75, 3.05) is 18.0 Å². The van der Waals surface area contributed by atoms with Crippen molar-refractivity contribution in [3.05, 3.63) is 22.7 Å². The highest BCUT2D eigenvalue weighted by molar-refractivity contribution is 5.76. The first kappa shape index (κ1) is 14.6. The van der Waals surface area contributed by atoms with Gasteiger partial charge in [-0.2, -0.15) is 0 Å². The van der Waals surface area contributed by atoms with E-state index in [2.05, 4.69) is 4.98 Å². The number of nitrogens with zero attached hydrogens (tertiary/aromatic N) is 3. The summed E-state index contributed by atoms with van der Waals surface area (Å²) in [5.74, 6) is -0.0950. The van der Waals surface area contributed by atoms with Crippen LogP contribution in [0.4, 0.5) is 5.82 Å². The van der Waals surface area contributed by atoms with Gasteiger partial charge in [-0.3, -0.25) is 9.59 Å². The fourth-order valence-electron chi connectivity index (χ4n) is 2.51. The summed E-state index contributed by atoms with van der Waals surface area (Å²) in [7, 11) is 0. The lowest BCUT2D eigenvalue weighted by molar-refractivity contribution is -0.146. The SMILES string of the molecule is CC(C)Cn1ccnc(N2CCC(C)(C(=O)O)C2)c1=O. The van der Waals surface area contributed by atoms with E-state index in [0.29, 0.717) is 37.8 Å². The molecule has 6 heteroatoms. The van der Waals surface area contributed by atoms with E-state index in [0.717, 1.165) is 0 Å². The molecule has 2 heterocycles. The zero-order valence-corrected chi connectivity index (χ0v) is 12.2. The molecule has 1 unspecified atom stereocenters. The molecule has 0 aliphatic carbocycles. The fraction of sp³-hybridized carbons (Fsp3) is 0.643. The summed E-state index contributed by atoms with van der Waals surface area (Å²) < 4.78 is 1.64. The Hall–Kier alpha value is -1.85. The van der Waals surface area contributed by atoms with Gasteiger partial charge in [0.1, 0.15) is 0 Å². The number of hydrogen-bond acceptors (Lipinski definition) is 4. The molecule has 0 aromatic carbocycles. The Morgan fingerprint density at radius 1 is 1.55 bits per heavy atom. The van der Waals surface area contributed by atoms with Gasteiger partial charge in [-0.15, -0.1) is 0 Å². The van der Waals surface area contributed by atoms with Crippen molar-refractivity contribution in [3.8, 4) is 0 Å². The van der Waals surface area contributed by atoms with Gasteiger partial charge in [-0.05, 0) is 19.3 Å². The molecule has 0 amide bonds. The van der Waals surface area contributed by atoms with Crippen LogP contribution >= 0.6 is 0 Å². The van der Waals surface area contributed by atoms with Crippen molar-refractivity contribution in [3.63, 3.8) is 0 Å². The van der Waals surface area contributed by atoms with Gasteiger partial charge in [0.05, 0.1) is 5.41 Å². The molecule has 1 aliphatic heterocycles. The average molecular weight is 279 g/mol. The van der Waals surface area contributed by atoms with Gasteiger partial charge >= 0.3 is 5.97 Å². The first-order chi connectivity index (χ1) is 9.33. The molecule has 6 nitrogen and oxygen atoms in total. The van der Waals surface area contributed by atoms with E-state index in [4.69, 9.17) is 0 Å². The van der Waals surface area contributed by atoms with Crippen LogP contribution < -0.4 is 10.5 Å². The van der Waals surface area contributed by atoms with Crippen molar-refractivity contribution in [1.29, 1.82) is 0 Å². The van der Waals surface area contributed by atoms with Crippen LogP contribution in [0.1, 0.15) is 27.2 Å². The highest BCUT2D eigenvalue weighted by Crippen LogP contribution is 2.31. The molecular formula is C14H21N3O3. The smallest absolute Gasteiger partial charge is 0.311 e. The number of anilines is 1. The highest BCUT2D eigenvalue weighted by Gasteiger charge is 2.41. The van der Waals surface area contributed by atoms with Gasteiger partial charge < -0.3 is 14.6 Å². The Bertz CT molecular complexity index is 567. The number of carbonyl (C=O) groups is 1. The number of hydrogen-bond donors (Lipinski definition) is 1. The van der Waals surface area contributed by atoms with E-state index in [1.54, 1.807) is 28.8 Å². The van der Waals surface area contributed by atoms with Crippen LogP contribution in [0.5, 0.6) is 0 Å². The zero-order valence-electron chi connectivity index (χ0n) is 12.2. The van der Waals surface area contributed by atoms with Crippen molar-refractivity contribution in [2.24, 2.45) is 11.3 Å². The molecular weight excluding hydrogens is 258 g/mol. The topological polar surface area (TPSA) is 75.4 Å². The number of carboxylic acid groups (broad SMARTS) is 1. The third-order valence-electron chi connectivity index (χ3n) is 3.75. The second kappa shape index (κ2) is 5.26. The largest absolute Gasteiger partial charge is 0.481 e. The molecule has 1 saturated heterocycles. The van der Waals surface area contributed by atoms with E-state index in [1.807, 2.05) is 13.8 Å². The maximum atomic E-state index is 12.4. The van der Waals surface area contributed by atoms with Gasteiger partial charge in [0.15, 0.2) is 5.82 Å². The Balaban J connectivity index is 2.27. The quantitative estimate of drug-likeness (QED) is 0.896. The van der Waals surface area contributed by atoms with E-state index >= 15 is 0 Å². The molecule has 0 radical (unpaired) electrons. The lowest BCUT2D eigenvalue weighted by atomic mass is 9.90. The predicted octanol–water partition coefficient (Wildman–Crippen LogP) is 1.20. The number of carboxylic acids is 1. The van der Waals surface area contributed by atoms with Crippen LogP contribution in [0.3, 0.4) is 0 Å². The lowest BCUT2D eigenvalue weighted by Crippen LogP contribution is -2.36. The number of rotatable bonds is 4. The van der Waals surface area contributed by atoms with Crippen molar-refractivity contribution < 1.29 is 9.90 Å². The second-order valence-electron chi connectivity index (χ2n) is 6.14. The predicted molar refractivity (Wildman–Crippen MR) is 75.9 cm³/mol. The third-order valence-corrected chi connectivity index (χ3v) is 3.75. The van der Waals surface area contributed by atoms with Crippen LogP contribution in [-0.2, 0) is 11.3 Å². The summed E-state index contributed by atoms with van der Waals surface area (Å²) in [6, 6.07) is 0. The summed E-state index contributed by atoms with van der Waals surface area (Å²) in [5, 5.41) is 9.25. The molecule has 0 saturated carbocycles. The average Bonchev–Trinajstić information content (AvgIpc) is 2.75. The summed E-state index contributed by atoms with van der Waals surface area (Å²) >= 11 is 0. The zero-order chi connectivity index (χ0) is 14.9. The Morgan fingerprint density at radius 2 is 2.25 bits per heavy atom. The maximum absolute atomic E-state index is 12.4. The summed E-state index contributed by atoms with van der Waals surface area (Å²) in [4.78, 5) is 29.6. The van der Waals surface area contributed by atoms with Gasteiger partial charge in [0.25, 0.3) is 5.56 Å². The lowest BCUT2D eigenvalue weighted by Gasteiger charge is -2.21. The van der Waals surface area contributed by atoms with E-state index in [-0.39, 0.29) is 5.56 Å². The normalized spacial score (nSPS) is 22.5. The molecule has 1 aliphatic rings. The van der Waals surface area contributed by atoms with Gasteiger partial charge in [-0.25, -0.2) is 4.98 Å². The second-order valence-corrected chi connectivity index (χ2v) is 6.14. The minimum atomic E-state index is -0.821. The van der Waals surface area contributed by atoms with E-state index < -0.39 is 11.4 Å². The maximum Gasteiger partial charge on any atom is 0.311 e. The van der Waals surface area contributed by atoms with Gasteiger partial charge in [0.2, 0.25) is 0 Å². The standard InChI is InChI=1S/C14H21N3O3/c1-10(2)8-16-7-5-15-11(12(16)18)17-6-4-14(3,9-17)13(19)20/h5,7,10H,4,6,8-9H2,1-3H3,(H,19,20). The van der Waals surface area contributed by atoms with Crippen LogP contribution in [0, 0.1) is 11.3 Å². The molecule has 20 heavy (non-hydrogen) atoms. The van der Waals surface area contributed by atoms with Crippen LogP contribution in [0.25, 0.3) is 0 Å². The van der Waals surface area contributed by atoms with E-state index in [9.17, 15) is 14.7 Å². The van der Waals surface area contributed by atoms with Gasteiger partial charge in [-0.1, -0.05) is 13.8 Å². The van der Waals surface area contributed by atoms with E-state index in [1.165, 1.54) is 0 Å². The monoisotopic (exact) mass is 279 g/mol. The van der Waals surface area contributed by atoms with Crippen molar-refractivity contribution in [1.82, 2.24) is 9.55 Å². The molecule has 0 bridgehead atoms. The first-order valence-electron chi connectivity index (χ1n) is 6.87.